The van der Waals surface area contributed by atoms with E-state index in [0.717, 1.165) is 22.6 Å². The van der Waals surface area contributed by atoms with Crippen LogP contribution in [0.4, 0.5) is 0 Å². The Bertz CT molecular complexity index is 487. The van der Waals surface area contributed by atoms with Gasteiger partial charge in [0.1, 0.15) is 12.4 Å². The van der Waals surface area contributed by atoms with Crippen molar-refractivity contribution >= 4 is 8.03 Å². The zero-order valence-electron chi connectivity index (χ0n) is 11.0. The Morgan fingerprint density at radius 3 is 2.94 bits per heavy atom. The van der Waals surface area contributed by atoms with E-state index in [2.05, 4.69) is 4.98 Å². The number of hydrogen-bond acceptors (Lipinski definition) is 5. The maximum atomic E-state index is 11.0. The third kappa shape index (κ3) is 2.86. The second-order valence-electron chi connectivity index (χ2n) is 4.68. The van der Waals surface area contributed by atoms with E-state index in [1.165, 1.54) is 6.66 Å². The zero-order chi connectivity index (χ0) is 13.3. The highest BCUT2D eigenvalue weighted by molar-refractivity contribution is 7.38. The lowest BCUT2D eigenvalue weighted by Gasteiger charge is -2.33. The molecule has 2 rings (SSSR count). The number of fused-ring (bicyclic) bond motifs is 1. The van der Waals surface area contributed by atoms with Crippen molar-refractivity contribution in [3.63, 3.8) is 0 Å². The van der Waals surface area contributed by atoms with Gasteiger partial charge in [0.15, 0.2) is 6.66 Å². The zero-order valence-corrected chi connectivity index (χ0v) is 11.9. The van der Waals surface area contributed by atoms with Gasteiger partial charge >= 0.3 is 8.03 Å². The van der Waals surface area contributed by atoms with Gasteiger partial charge in [0.25, 0.3) is 0 Å². The van der Waals surface area contributed by atoms with Gasteiger partial charge in [-0.2, -0.15) is 0 Å². The van der Waals surface area contributed by atoms with Crippen molar-refractivity contribution in [1.29, 1.82) is 0 Å². The van der Waals surface area contributed by atoms with Gasteiger partial charge in [-0.25, -0.2) is 0 Å². The molecule has 1 aliphatic rings. The fraction of sp³-hybridized carbons (Fsp3) is 0.583. The third-order valence-corrected chi connectivity index (χ3v) is 3.21. The van der Waals surface area contributed by atoms with Crippen LogP contribution in [-0.2, 0) is 27.0 Å². The van der Waals surface area contributed by atoms with E-state index < -0.39 is 13.8 Å². The average Bonchev–Trinajstić information content (AvgIpc) is 2.28. The Morgan fingerprint density at radius 2 is 2.28 bits per heavy atom. The quantitative estimate of drug-likeness (QED) is 0.790. The van der Waals surface area contributed by atoms with Gasteiger partial charge in [-0.15, -0.1) is 4.52 Å². The minimum atomic E-state index is -1.62. The predicted molar refractivity (Wildman–Crippen MR) is 66.8 cm³/mol. The Hall–Kier alpha value is -1.03. The SMILES string of the molecule is Cc1ncc(CO[P+](C)=O)c2c1OC(C)(C)OC2. The molecule has 0 aliphatic carbocycles. The van der Waals surface area contributed by atoms with Crippen LogP contribution < -0.4 is 4.74 Å². The molecular formula is C12H17NO4P+. The molecule has 2 heterocycles. The number of rotatable bonds is 3. The molecule has 1 aromatic rings. The summed E-state index contributed by atoms with van der Waals surface area (Å²) in [4.78, 5) is 4.28. The number of aromatic nitrogens is 1. The summed E-state index contributed by atoms with van der Waals surface area (Å²) in [6, 6.07) is 0. The van der Waals surface area contributed by atoms with Crippen molar-refractivity contribution < 1.29 is 18.6 Å². The van der Waals surface area contributed by atoms with Gasteiger partial charge in [-0.1, -0.05) is 0 Å². The molecule has 0 fully saturated rings. The molecule has 0 aromatic carbocycles. The normalized spacial score (nSPS) is 17.9. The molecule has 1 unspecified atom stereocenters. The summed E-state index contributed by atoms with van der Waals surface area (Å²) in [5.74, 6) is 0.105. The van der Waals surface area contributed by atoms with Crippen LogP contribution in [0, 0.1) is 6.92 Å². The van der Waals surface area contributed by atoms with Crippen LogP contribution in [0.2, 0.25) is 0 Å². The second-order valence-corrected chi connectivity index (χ2v) is 5.82. The minimum absolute atomic E-state index is 0.258. The van der Waals surface area contributed by atoms with E-state index in [1.54, 1.807) is 6.20 Å². The third-order valence-electron chi connectivity index (χ3n) is 2.72. The lowest BCUT2D eigenvalue weighted by molar-refractivity contribution is -0.181. The van der Waals surface area contributed by atoms with Crippen LogP contribution in [0.3, 0.4) is 0 Å². The number of aryl methyl sites for hydroxylation is 1. The molecule has 0 saturated carbocycles. The number of nitrogens with zero attached hydrogens (tertiary/aromatic N) is 1. The summed E-state index contributed by atoms with van der Waals surface area (Å²) in [5, 5.41) is 0. The Kier molecular flexibility index (Phi) is 3.66. The van der Waals surface area contributed by atoms with Gasteiger partial charge in [-0.3, -0.25) is 4.98 Å². The molecule has 1 atom stereocenters. The van der Waals surface area contributed by atoms with E-state index in [9.17, 15) is 4.57 Å². The van der Waals surface area contributed by atoms with Crippen molar-refractivity contribution in [2.75, 3.05) is 6.66 Å². The standard InChI is InChI=1S/C12H17NO4P/c1-8-11-10(7-15-12(2,3)17-11)9(5-13-8)6-16-18(4)14/h5H,6-7H2,1-4H3/q+1. The molecule has 6 heteroatoms. The molecule has 0 saturated heterocycles. The van der Waals surface area contributed by atoms with Gasteiger partial charge in [0.05, 0.1) is 12.3 Å². The first-order valence-electron chi connectivity index (χ1n) is 5.73. The predicted octanol–water partition coefficient (Wildman–Crippen LogP) is 2.92. The minimum Gasteiger partial charge on any atom is -0.461 e. The van der Waals surface area contributed by atoms with Crippen LogP contribution in [0.25, 0.3) is 0 Å². The van der Waals surface area contributed by atoms with E-state index in [1.807, 2.05) is 20.8 Å². The first-order valence-corrected chi connectivity index (χ1v) is 7.35. The van der Waals surface area contributed by atoms with Gasteiger partial charge < -0.3 is 9.47 Å². The molecule has 98 valence electrons. The summed E-state index contributed by atoms with van der Waals surface area (Å²) in [7, 11) is -1.62. The first kappa shape index (κ1) is 13.4. The largest absolute Gasteiger partial charge is 0.505 e. The smallest absolute Gasteiger partial charge is 0.461 e. The first-order chi connectivity index (χ1) is 8.39. The highest BCUT2D eigenvalue weighted by Gasteiger charge is 2.30. The number of ether oxygens (including phenoxy) is 2. The maximum absolute atomic E-state index is 11.0. The van der Waals surface area contributed by atoms with Crippen molar-refractivity contribution in [2.45, 2.75) is 39.8 Å². The molecule has 1 aliphatic heterocycles. The molecule has 0 radical (unpaired) electrons. The van der Waals surface area contributed by atoms with E-state index in [0.29, 0.717) is 6.61 Å². The average molecular weight is 270 g/mol. The fourth-order valence-electron chi connectivity index (χ4n) is 1.78. The van der Waals surface area contributed by atoms with Crippen LogP contribution in [0.1, 0.15) is 30.7 Å². The maximum Gasteiger partial charge on any atom is 0.505 e. The summed E-state index contributed by atoms with van der Waals surface area (Å²) in [6.07, 6.45) is 1.72. The summed E-state index contributed by atoms with van der Waals surface area (Å²) in [6.45, 7) is 7.85. The molecular weight excluding hydrogens is 253 g/mol. The Balaban J connectivity index is 2.32. The summed E-state index contributed by atoms with van der Waals surface area (Å²) in [5.41, 5.74) is 2.61. The molecule has 18 heavy (non-hydrogen) atoms. The monoisotopic (exact) mass is 270 g/mol. The van der Waals surface area contributed by atoms with Gasteiger partial charge in [-0.05, 0) is 11.5 Å². The molecule has 0 spiro atoms. The van der Waals surface area contributed by atoms with Crippen molar-refractivity contribution in [1.82, 2.24) is 4.98 Å². The van der Waals surface area contributed by atoms with Crippen molar-refractivity contribution in [2.24, 2.45) is 0 Å². The second kappa shape index (κ2) is 4.92. The van der Waals surface area contributed by atoms with Crippen LogP contribution in [0.15, 0.2) is 6.20 Å². The Morgan fingerprint density at radius 1 is 1.56 bits per heavy atom. The highest BCUT2D eigenvalue weighted by atomic mass is 31.1. The number of pyridine rings is 1. The lowest BCUT2D eigenvalue weighted by atomic mass is 10.1. The summed E-state index contributed by atoms with van der Waals surface area (Å²) < 4.78 is 27.5. The topological polar surface area (TPSA) is 57.7 Å². The van der Waals surface area contributed by atoms with E-state index in [4.69, 9.17) is 14.0 Å². The molecule has 1 aromatic heterocycles. The lowest BCUT2D eigenvalue weighted by Crippen LogP contribution is -2.36. The molecule has 0 bridgehead atoms. The van der Waals surface area contributed by atoms with Crippen LogP contribution in [0.5, 0.6) is 5.75 Å². The van der Waals surface area contributed by atoms with Gasteiger partial charge in [0, 0.05) is 31.2 Å². The van der Waals surface area contributed by atoms with Crippen LogP contribution >= 0.6 is 8.03 Å². The van der Waals surface area contributed by atoms with E-state index >= 15 is 0 Å². The molecule has 0 amide bonds. The van der Waals surface area contributed by atoms with Crippen molar-refractivity contribution in [3.05, 3.63) is 23.0 Å². The molecule has 0 N–H and O–H groups in total. The van der Waals surface area contributed by atoms with E-state index in [-0.39, 0.29) is 6.61 Å². The van der Waals surface area contributed by atoms with Gasteiger partial charge in [0.2, 0.25) is 5.79 Å². The number of hydrogen-bond donors (Lipinski definition) is 0. The fourth-order valence-corrected chi connectivity index (χ4v) is 2.10. The van der Waals surface area contributed by atoms with Crippen LogP contribution in [-0.4, -0.2) is 17.4 Å². The highest BCUT2D eigenvalue weighted by Crippen LogP contribution is 2.35. The van der Waals surface area contributed by atoms with Crippen molar-refractivity contribution in [3.8, 4) is 5.75 Å². The Labute approximate surface area is 107 Å². The molecule has 5 nitrogen and oxygen atoms in total. The summed E-state index contributed by atoms with van der Waals surface area (Å²) >= 11 is 0.